The first-order valence-electron chi connectivity index (χ1n) is 12.8. The molecule has 2 saturated carbocycles. The smallest absolute Gasteiger partial charge is 0.207 e. The largest absolute Gasteiger partial charge is 0.405 e. The number of rotatable bonds is 3. The van der Waals surface area contributed by atoms with E-state index in [9.17, 15) is 35.1 Å². The van der Waals surface area contributed by atoms with Crippen LogP contribution in [0.25, 0.3) is 0 Å². The SMILES string of the molecule is CC(C)c1cc(F)cc(C#CC2(C(F)(F)F)CC2)c1.CCC(C)c1cccc(C#CC2(C(F)(F)F)CC2)c1F. The summed E-state index contributed by atoms with van der Waals surface area (Å²) < 4.78 is 104. The molecule has 2 aliphatic carbocycles. The highest BCUT2D eigenvalue weighted by Gasteiger charge is 2.63. The predicted octanol–water partition coefficient (Wildman–Crippen LogP) is 9.68. The lowest BCUT2D eigenvalue weighted by Gasteiger charge is -2.13. The zero-order valence-corrected chi connectivity index (χ0v) is 22.2. The van der Waals surface area contributed by atoms with E-state index in [2.05, 4.69) is 23.7 Å². The molecule has 1 unspecified atom stereocenters. The average molecular weight is 555 g/mol. The summed E-state index contributed by atoms with van der Waals surface area (Å²) in [6.07, 6.45) is -7.77. The molecule has 2 aromatic carbocycles. The number of hydrogen-bond donors (Lipinski definition) is 0. The summed E-state index contributed by atoms with van der Waals surface area (Å²) in [5.41, 5.74) is -2.17. The van der Waals surface area contributed by atoms with E-state index < -0.39 is 34.8 Å². The molecule has 8 heteroatoms. The maximum absolute atomic E-state index is 14.2. The molecule has 0 radical (unpaired) electrons. The zero-order chi connectivity index (χ0) is 29.2. The van der Waals surface area contributed by atoms with Gasteiger partial charge >= 0.3 is 12.4 Å². The van der Waals surface area contributed by atoms with Gasteiger partial charge in [0.15, 0.2) is 0 Å². The van der Waals surface area contributed by atoms with E-state index in [0.29, 0.717) is 11.1 Å². The lowest BCUT2D eigenvalue weighted by molar-refractivity contribution is -0.169. The Morgan fingerprint density at radius 1 is 0.795 bits per heavy atom. The quantitative estimate of drug-likeness (QED) is 0.262. The van der Waals surface area contributed by atoms with Crippen molar-refractivity contribution in [1.29, 1.82) is 0 Å². The Hall–Kier alpha value is -3.00. The fourth-order valence-corrected chi connectivity index (χ4v) is 3.85. The van der Waals surface area contributed by atoms with Crippen molar-refractivity contribution in [3.63, 3.8) is 0 Å². The molecule has 0 heterocycles. The summed E-state index contributed by atoms with van der Waals surface area (Å²) in [4.78, 5) is 0. The highest BCUT2D eigenvalue weighted by atomic mass is 19.4. The van der Waals surface area contributed by atoms with E-state index in [1.165, 1.54) is 18.2 Å². The molecule has 0 nitrogen and oxygen atoms in total. The molecule has 39 heavy (non-hydrogen) atoms. The molecule has 2 aromatic rings. The average Bonchev–Trinajstić information content (AvgIpc) is 3.76. The summed E-state index contributed by atoms with van der Waals surface area (Å²) in [6.45, 7) is 7.60. The van der Waals surface area contributed by atoms with Crippen molar-refractivity contribution in [2.75, 3.05) is 0 Å². The first-order valence-corrected chi connectivity index (χ1v) is 12.8. The van der Waals surface area contributed by atoms with E-state index in [4.69, 9.17) is 0 Å². The number of benzene rings is 2. The fourth-order valence-electron chi connectivity index (χ4n) is 3.85. The first-order chi connectivity index (χ1) is 18.0. The molecular formula is C31H30F8. The molecule has 210 valence electrons. The van der Waals surface area contributed by atoms with Gasteiger partial charge in [-0.15, -0.1) is 0 Å². The van der Waals surface area contributed by atoms with Crippen LogP contribution in [0, 0.1) is 46.1 Å². The van der Waals surface area contributed by atoms with Crippen LogP contribution in [0.4, 0.5) is 35.1 Å². The Bertz CT molecular complexity index is 1300. The molecule has 0 aliphatic heterocycles. The second-order valence-electron chi connectivity index (χ2n) is 10.6. The van der Waals surface area contributed by atoms with Gasteiger partial charge in [0.05, 0.1) is 5.56 Å². The Morgan fingerprint density at radius 2 is 1.33 bits per heavy atom. The first kappa shape index (κ1) is 30.5. The van der Waals surface area contributed by atoms with Crippen molar-refractivity contribution in [3.05, 3.63) is 70.3 Å². The summed E-state index contributed by atoms with van der Waals surface area (Å²) in [7, 11) is 0. The lowest BCUT2D eigenvalue weighted by atomic mass is 9.96. The fraction of sp³-hybridized carbons (Fsp3) is 0.484. The molecule has 1 atom stereocenters. The Morgan fingerprint density at radius 3 is 1.79 bits per heavy atom. The van der Waals surface area contributed by atoms with Crippen LogP contribution in [-0.2, 0) is 0 Å². The van der Waals surface area contributed by atoms with Gasteiger partial charge in [0.25, 0.3) is 0 Å². The normalized spacial score (nSPS) is 17.6. The van der Waals surface area contributed by atoms with Crippen molar-refractivity contribution >= 4 is 0 Å². The van der Waals surface area contributed by atoms with E-state index in [1.54, 1.807) is 18.2 Å². The summed E-state index contributed by atoms with van der Waals surface area (Å²) in [5, 5.41) is 0. The summed E-state index contributed by atoms with van der Waals surface area (Å²) in [5.74, 6) is 8.56. The highest BCUT2D eigenvalue weighted by Crippen LogP contribution is 2.57. The van der Waals surface area contributed by atoms with E-state index in [0.717, 1.165) is 12.0 Å². The molecule has 0 aromatic heterocycles. The monoisotopic (exact) mass is 554 g/mol. The maximum atomic E-state index is 14.2. The second kappa shape index (κ2) is 11.2. The van der Waals surface area contributed by atoms with Crippen molar-refractivity contribution in [2.45, 2.75) is 84.0 Å². The molecule has 2 fully saturated rings. The van der Waals surface area contributed by atoms with Crippen molar-refractivity contribution < 1.29 is 35.1 Å². The van der Waals surface area contributed by atoms with Crippen LogP contribution in [-0.4, -0.2) is 12.4 Å². The molecule has 4 rings (SSSR count). The lowest BCUT2D eigenvalue weighted by Crippen LogP contribution is -2.22. The second-order valence-corrected chi connectivity index (χ2v) is 10.6. The van der Waals surface area contributed by atoms with Gasteiger partial charge in [-0.3, -0.25) is 0 Å². The van der Waals surface area contributed by atoms with Crippen molar-refractivity contribution in [3.8, 4) is 23.7 Å². The van der Waals surface area contributed by atoms with Crippen LogP contribution < -0.4 is 0 Å². The minimum absolute atomic E-state index is 0.0101. The molecule has 0 bridgehead atoms. The van der Waals surface area contributed by atoms with Gasteiger partial charge in [-0.05, 0) is 79.3 Å². The van der Waals surface area contributed by atoms with Gasteiger partial charge in [-0.25, -0.2) is 8.78 Å². The Kier molecular flexibility index (Phi) is 8.80. The van der Waals surface area contributed by atoms with Crippen LogP contribution >= 0.6 is 0 Å². The predicted molar refractivity (Wildman–Crippen MR) is 135 cm³/mol. The standard InChI is InChI=1S/C16H16F4.C15H14F4/c1-3-11(2)13-6-4-5-12(14(13)17)7-8-15(9-10-15)16(18,19)20;1-10(2)12-7-11(8-13(16)9-12)3-4-14(5-6-14)15(17,18)19/h4-6,11H,3,9-10H2,1-2H3;7-10H,5-6H2,1-2H3. The van der Waals surface area contributed by atoms with Gasteiger partial charge in [-0.2, -0.15) is 26.3 Å². The topological polar surface area (TPSA) is 0 Å². The molecule has 0 amide bonds. The molecule has 2 aliphatic rings. The Balaban J connectivity index is 0.000000216. The van der Waals surface area contributed by atoms with E-state index >= 15 is 0 Å². The number of hydrogen-bond acceptors (Lipinski definition) is 0. The zero-order valence-electron chi connectivity index (χ0n) is 22.2. The third-order valence-corrected chi connectivity index (χ3v) is 7.23. The summed E-state index contributed by atoms with van der Waals surface area (Å²) >= 11 is 0. The maximum Gasteiger partial charge on any atom is 0.405 e. The van der Waals surface area contributed by atoms with Crippen LogP contribution in [0.5, 0.6) is 0 Å². The minimum atomic E-state index is -4.33. The van der Waals surface area contributed by atoms with Crippen LogP contribution in [0.1, 0.15) is 93.9 Å². The van der Waals surface area contributed by atoms with Crippen molar-refractivity contribution in [2.24, 2.45) is 10.8 Å². The third-order valence-electron chi connectivity index (χ3n) is 7.23. The van der Waals surface area contributed by atoms with Crippen LogP contribution in [0.15, 0.2) is 36.4 Å². The van der Waals surface area contributed by atoms with Crippen LogP contribution in [0.3, 0.4) is 0 Å². The molecule has 0 spiro atoms. The van der Waals surface area contributed by atoms with Crippen molar-refractivity contribution in [1.82, 2.24) is 0 Å². The third kappa shape index (κ3) is 7.15. The molecule has 0 N–H and O–H groups in total. The van der Waals surface area contributed by atoms with Gasteiger partial charge in [-0.1, -0.05) is 63.5 Å². The van der Waals surface area contributed by atoms with Gasteiger partial charge in [0.1, 0.15) is 22.5 Å². The molecule has 0 saturated heterocycles. The minimum Gasteiger partial charge on any atom is -0.207 e. The number of alkyl halides is 6. The number of halogens is 8. The Labute approximate surface area is 224 Å². The van der Waals surface area contributed by atoms with Crippen LogP contribution in [0.2, 0.25) is 0 Å². The van der Waals surface area contributed by atoms with E-state index in [-0.39, 0.29) is 43.1 Å². The highest BCUT2D eigenvalue weighted by molar-refractivity contribution is 5.43. The summed E-state index contributed by atoms with van der Waals surface area (Å²) in [6, 6.07) is 8.93. The molecular weight excluding hydrogens is 524 g/mol. The van der Waals surface area contributed by atoms with Gasteiger partial charge in [0, 0.05) is 5.56 Å². The van der Waals surface area contributed by atoms with Gasteiger partial charge in [0.2, 0.25) is 0 Å². The van der Waals surface area contributed by atoms with Gasteiger partial charge < -0.3 is 0 Å². The van der Waals surface area contributed by atoms with E-state index in [1.807, 2.05) is 27.7 Å².